The molecule has 0 spiro atoms. The van der Waals surface area contributed by atoms with Gasteiger partial charge in [0.05, 0.1) is 37.1 Å². The van der Waals surface area contributed by atoms with Gasteiger partial charge in [0, 0.05) is 12.3 Å². The molecule has 0 amide bonds. The van der Waals surface area contributed by atoms with Crippen LogP contribution in [0.15, 0.2) is 23.8 Å². The van der Waals surface area contributed by atoms with Gasteiger partial charge in [0.25, 0.3) is 5.56 Å². The Hall–Kier alpha value is -3.40. The Morgan fingerprint density at radius 2 is 1.67 bits per heavy atom. The molecule has 8 unspecified atom stereocenters. The number of imidazole rings is 2. The molecule has 22 nitrogen and oxygen atoms in total. The first-order valence-corrected chi connectivity index (χ1v) is 17.7. The summed E-state index contributed by atoms with van der Waals surface area (Å²) < 4.78 is 64.6. The highest BCUT2D eigenvalue weighted by Gasteiger charge is 2.57. The van der Waals surface area contributed by atoms with Crippen molar-refractivity contribution in [2.45, 2.75) is 74.8 Å². The molecule has 258 valence electrons. The Bertz CT molecular complexity index is 2080. The lowest BCUT2D eigenvalue weighted by Gasteiger charge is -2.39. The summed E-state index contributed by atoms with van der Waals surface area (Å²) in [5.41, 5.74) is 9.98. The van der Waals surface area contributed by atoms with Crippen LogP contribution in [0.1, 0.15) is 38.6 Å². The number of aliphatic hydroxyl groups is 1. The van der Waals surface area contributed by atoms with Gasteiger partial charge in [-0.3, -0.25) is 37.0 Å². The van der Waals surface area contributed by atoms with Gasteiger partial charge in [0.15, 0.2) is 35.1 Å². The average Bonchev–Trinajstić information content (AvgIpc) is 3.75. The number of phosphoric acid groups is 2. The zero-order valence-corrected chi connectivity index (χ0v) is 26.7. The number of nitrogen functional groups attached to an aromatic ring is 2. The molecule has 0 aliphatic carbocycles. The first kappa shape index (κ1) is 31.8. The fourth-order valence-corrected chi connectivity index (χ4v) is 9.26. The summed E-state index contributed by atoms with van der Waals surface area (Å²) in [6.45, 7) is 1.02. The zero-order chi connectivity index (χ0) is 33.7. The van der Waals surface area contributed by atoms with Crippen LogP contribution < -0.4 is 17.0 Å². The van der Waals surface area contributed by atoms with Gasteiger partial charge in [-0.05, 0) is 19.8 Å². The monoisotopic (exact) mass is 712 g/mol. The zero-order valence-electron chi connectivity index (χ0n) is 24.9. The Morgan fingerprint density at radius 3 is 2.46 bits per heavy atom. The number of aromatic nitrogens is 8. The summed E-state index contributed by atoms with van der Waals surface area (Å²) in [5.74, 6) is -0.835. The van der Waals surface area contributed by atoms with Crippen LogP contribution in [-0.4, -0.2) is 96.7 Å². The second-order valence-corrected chi connectivity index (χ2v) is 15.0. The summed E-state index contributed by atoms with van der Waals surface area (Å²) in [4.78, 5) is 57.2. The molecule has 0 saturated carbocycles. The van der Waals surface area contributed by atoms with Crippen molar-refractivity contribution in [2.24, 2.45) is 5.92 Å². The van der Waals surface area contributed by atoms with Crippen LogP contribution in [-0.2, 0) is 36.7 Å². The summed E-state index contributed by atoms with van der Waals surface area (Å²) in [6.07, 6.45) is -4.99. The highest BCUT2D eigenvalue weighted by molar-refractivity contribution is 7.47. The molecular weight excluding hydrogens is 682 g/mol. The van der Waals surface area contributed by atoms with E-state index in [1.165, 1.54) is 28.1 Å². The van der Waals surface area contributed by atoms with Gasteiger partial charge in [0.2, 0.25) is 5.95 Å². The van der Waals surface area contributed by atoms with Gasteiger partial charge in [-0.2, -0.15) is 4.98 Å². The molecule has 8 rings (SSSR count). The summed E-state index contributed by atoms with van der Waals surface area (Å²) >= 11 is 0. The van der Waals surface area contributed by atoms with Crippen LogP contribution >= 0.6 is 15.6 Å². The SMILES string of the molecule is CC12CCC3C(OP(=O)(O)O1)[C@H](n1cnc4c(=O)[nH]c(N)nc41)O[C@@H]3COP(=O)(O)OC1C(O)C(n3cnc4c(N)ncnc43)O[C@@H]1C2. The maximum absolute atomic E-state index is 13.6. The van der Waals surface area contributed by atoms with Crippen molar-refractivity contribution in [1.29, 1.82) is 0 Å². The molecule has 8 heterocycles. The van der Waals surface area contributed by atoms with E-state index in [2.05, 4.69) is 29.9 Å². The van der Waals surface area contributed by atoms with Crippen LogP contribution in [0.2, 0.25) is 0 Å². The Kier molecular flexibility index (Phi) is 7.33. The second-order valence-electron chi connectivity index (χ2n) is 12.3. The van der Waals surface area contributed by atoms with Crippen LogP contribution in [0.5, 0.6) is 0 Å². The maximum atomic E-state index is 13.6. The molecule has 2 bridgehead atoms. The number of fused-ring (bicyclic) bond motifs is 5. The van der Waals surface area contributed by atoms with Crippen molar-refractivity contribution in [1.82, 2.24) is 39.0 Å². The van der Waals surface area contributed by atoms with Crippen LogP contribution in [0, 0.1) is 5.92 Å². The largest absolute Gasteiger partial charge is 0.473 e. The second kappa shape index (κ2) is 11.1. The minimum Gasteiger partial charge on any atom is -0.386 e. The number of H-pyrrole nitrogens is 1. The lowest BCUT2D eigenvalue weighted by molar-refractivity contribution is -0.0861. The van der Waals surface area contributed by atoms with Gasteiger partial charge < -0.3 is 35.8 Å². The number of anilines is 2. The number of nitrogens with zero attached hydrogens (tertiary/aromatic N) is 7. The third-order valence-electron chi connectivity index (χ3n) is 9.08. The van der Waals surface area contributed by atoms with Gasteiger partial charge >= 0.3 is 15.6 Å². The summed E-state index contributed by atoms with van der Waals surface area (Å²) in [6, 6.07) is 0. The highest BCUT2D eigenvalue weighted by atomic mass is 31.2. The molecule has 4 saturated heterocycles. The van der Waals surface area contributed by atoms with Crippen molar-refractivity contribution in [3.63, 3.8) is 0 Å². The van der Waals surface area contributed by atoms with E-state index in [0.717, 1.165) is 0 Å². The molecule has 4 aliphatic rings. The number of hydrogen-bond donors (Lipinski definition) is 6. The van der Waals surface area contributed by atoms with Gasteiger partial charge in [-0.25, -0.2) is 29.1 Å². The van der Waals surface area contributed by atoms with Gasteiger partial charge in [-0.15, -0.1) is 0 Å². The van der Waals surface area contributed by atoms with E-state index in [9.17, 15) is 28.8 Å². The average molecular weight is 713 g/mol. The molecule has 4 fully saturated rings. The fraction of sp³-hybridized carbons (Fsp3) is 0.583. The Balaban J connectivity index is 1.16. The van der Waals surface area contributed by atoms with Crippen LogP contribution in [0.4, 0.5) is 11.8 Å². The van der Waals surface area contributed by atoms with Crippen molar-refractivity contribution >= 4 is 49.7 Å². The Labute approximate surface area is 268 Å². The van der Waals surface area contributed by atoms with Gasteiger partial charge in [0.1, 0.15) is 30.2 Å². The lowest BCUT2D eigenvalue weighted by Crippen LogP contribution is -2.43. The highest BCUT2D eigenvalue weighted by Crippen LogP contribution is 2.59. The maximum Gasteiger partial charge on any atom is 0.473 e. The lowest BCUT2D eigenvalue weighted by atomic mass is 9.84. The molecule has 4 aromatic heterocycles. The molecule has 24 heteroatoms. The van der Waals surface area contributed by atoms with Gasteiger partial charge in [-0.1, -0.05) is 0 Å². The van der Waals surface area contributed by atoms with Crippen molar-refractivity contribution in [2.75, 3.05) is 18.1 Å². The van der Waals surface area contributed by atoms with E-state index < -0.39 is 82.3 Å². The van der Waals surface area contributed by atoms with E-state index in [0.29, 0.717) is 0 Å². The summed E-state index contributed by atoms with van der Waals surface area (Å²) in [7, 11) is -9.82. The van der Waals surface area contributed by atoms with E-state index >= 15 is 0 Å². The molecule has 8 N–H and O–H groups in total. The summed E-state index contributed by atoms with van der Waals surface area (Å²) in [5, 5.41) is 11.4. The normalized spacial score (nSPS) is 40.3. The number of nitrogens with one attached hydrogen (secondary N) is 1. The standard InChI is InChI=1S/C24H30N10O12P2/c1-24-3-2-9-11(43-22(15(9)44-48(39,40)46-24)34-8-30-13-19(34)31-23(26)32-20(13)36)5-41-47(37,38)45-16-10(4-24)42-21(14(16)35)33-7-29-12-17(25)27-6-28-18(12)33/h6-11,14-16,21-22,35H,2-5H2,1H3,(H,37,38)(H,39,40)(H2,25,27,28)(H3,26,31,32,36)/t9?,10-,11-,14?,15?,16?,21?,22-,24?/m1/s1. The number of nitrogens with two attached hydrogens (primary N) is 2. The van der Waals surface area contributed by atoms with Crippen molar-refractivity contribution in [3.05, 3.63) is 29.3 Å². The quantitative estimate of drug-likeness (QED) is 0.147. The molecule has 0 aromatic carbocycles. The fourth-order valence-electron chi connectivity index (χ4n) is 6.97. The van der Waals surface area contributed by atoms with E-state index in [-0.39, 0.29) is 53.4 Å². The topological polar surface area (TPSA) is 309 Å². The number of aliphatic hydroxyl groups excluding tert-OH is 1. The first-order chi connectivity index (χ1) is 22.7. The molecule has 11 atom stereocenters. The number of ether oxygens (including phenoxy) is 2. The number of aromatic amines is 1. The minimum atomic E-state index is -4.93. The molecular formula is C24H30N10O12P2. The van der Waals surface area contributed by atoms with Crippen molar-refractivity contribution < 1.29 is 51.6 Å². The smallest absolute Gasteiger partial charge is 0.386 e. The first-order valence-electron chi connectivity index (χ1n) is 14.7. The van der Waals surface area contributed by atoms with Crippen LogP contribution in [0.25, 0.3) is 22.3 Å². The van der Waals surface area contributed by atoms with E-state index in [1.54, 1.807) is 6.92 Å². The molecule has 4 aromatic rings. The molecule has 4 aliphatic heterocycles. The third kappa shape index (κ3) is 5.33. The van der Waals surface area contributed by atoms with Crippen molar-refractivity contribution in [3.8, 4) is 0 Å². The number of phosphoric ester groups is 2. The molecule has 48 heavy (non-hydrogen) atoms. The third-order valence-corrected chi connectivity index (χ3v) is 11.2. The van der Waals surface area contributed by atoms with E-state index in [1.807, 2.05) is 0 Å². The Morgan fingerprint density at radius 1 is 0.958 bits per heavy atom. The predicted octanol–water partition coefficient (Wildman–Crippen LogP) is -0.144. The predicted molar refractivity (Wildman–Crippen MR) is 158 cm³/mol. The number of rotatable bonds is 2. The molecule has 0 radical (unpaired) electrons. The number of hydrogen-bond acceptors (Lipinski definition) is 17. The van der Waals surface area contributed by atoms with E-state index in [4.69, 9.17) is 39.0 Å². The van der Waals surface area contributed by atoms with Crippen LogP contribution in [0.3, 0.4) is 0 Å². The minimum absolute atomic E-state index is 0.00757.